The van der Waals surface area contributed by atoms with Crippen LogP contribution >= 0.6 is 22.9 Å². The van der Waals surface area contributed by atoms with Gasteiger partial charge in [0.05, 0.1) is 9.94 Å². The molecular formula is C14H20ClNOS. The number of thiophene rings is 1. The smallest absolute Gasteiger partial charge is 0.0934 e. The lowest BCUT2D eigenvalue weighted by Crippen LogP contribution is -2.44. The van der Waals surface area contributed by atoms with E-state index in [1.807, 2.05) is 0 Å². The Hall–Kier alpha value is -0.0900. The van der Waals surface area contributed by atoms with Crippen LogP contribution in [0, 0.1) is 0 Å². The summed E-state index contributed by atoms with van der Waals surface area (Å²) in [6.45, 7) is 5.24. The first-order chi connectivity index (χ1) is 8.53. The molecule has 2 aliphatic rings. The zero-order chi connectivity index (χ0) is 12.8. The molecule has 0 radical (unpaired) electrons. The number of hydrogen-bond acceptors (Lipinski definition) is 3. The van der Waals surface area contributed by atoms with Crippen LogP contribution in [-0.4, -0.2) is 18.2 Å². The Morgan fingerprint density at radius 3 is 3.06 bits per heavy atom. The minimum absolute atomic E-state index is 0.0175. The molecule has 2 nitrogen and oxygen atoms in total. The maximum absolute atomic E-state index is 6.10. The van der Waals surface area contributed by atoms with E-state index in [9.17, 15) is 0 Å². The highest BCUT2D eigenvalue weighted by Gasteiger charge is 2.32. The fourth-order valence-electron chi connectivity index (χ4n) is 3.16. The quantitative estimate of drug-likeness (QED) is 0.889. The molecule has 1 saturated heterocycles. The molecule has 0 amide bonds. The van der Waals surface area contributed by atoms with Gasteiger partial charge in [0.2, 0.25) is 0 Å². The Balaban J connectivity index is 1.67. The van der Waals surface area contributed by atoms with E-state index in [1.54, 1.807) is 11.3 Å². The highest BCUT2D eigenvalue weighted by Crippen LogP contribution is 2.40. The molecule has 0 bridgehead atoms. The molecule has 3 rings (SSSR count). The molecule has 1 aromatic rings. The molecule has 4 heteroatoms. The van der Waals surface area contributed by atoms with Gasteiger partial charge >= 0.3 is 0 Å². The second kappa shape index (κ2) is 4.78. The van der Waals surface area contributed by atoms with Crippen LogP contribution in [-0.2, 0) is 11.2 Å². The van der Waals surface area contributed by atoms with Gasteiger partial charge in [-0.15, -0.1) is 11.3 Å². The van der Waals surface area contributed by atoms with Crippen molar-refractivity contribution in [3.05, 3.63) is 20.8 Å². The van der Waals surface area contributed by atoms with Crippen molar-refractivity contribution in [2.75, 3.05) is 6.61 Å². The minimum Gasteiger partial charge on any atom is -0.375 e. The van der Waals surface area contributed by atoms with Crippen LogP contribution in [0.25, 0.3) is 0 Å². The Kier molecular flexibility index (Phi) is 3.43. The summed E-state index contributed by atoms with van der Waals surface area (Å²) in [5, 5.41) is 3.81. The fourth-order valence-corrected chi connectivity index (χ4v) is 4.52. The standard InChI is InChI=1S/C14H20ClNOS/c1-14(2)8-9(5-6-17-14)16-11-3-4-12-10(11)7-13(15)18-12/h7,9,11,16H,3-6,8H2,1-2H3. The molecule has 1 aliphatic heterocycles. The molecule has 1 aliphatic carbocycles. The minimum atomic E-state index is 0.0175. The summed E-state index contributed by atoms with van der Waals surface area (Å²) < 4.78 is 6.70. The van der Waals surface area contributed by atoms with Crippen molar-refractivity contribution < 1.29 is 4.74 Å². The number of ether oxygens (including phenoxy) is 1. The van der Waals surface area contributed by atoms with E-state index in [-0.39, 0.29) is 5.60 Å². The number of nitrogens with one attached hydrogen (secondary N) is 1. The Morgan fingerprint density at radius 1 is 1.44 bits per heavy atom. The van der Waals surface area contributed by atoms with E-state index < -0.39 is 0 Å². The zero-order valence-electron chi connectivity index (χ0n) is 11.0. The van der Waals surface area contributed by atoms with Crippen LogP contribution in [0.4, 0.5) is 0 Å². The second-order valence-corrected chi connectivity index (χ2v) is 7.75. The zero-order valence-corrected chi connectivity index (χ0v) is 12.5. The molecule has 0 saturated carbocycles. The van der Waals surface area contributed by atoms with Gasteiger partial charge in [-0.2, -0.15) is 0 Å². The third-order valence-electron chi connectivity index (χ3n) is 3.98. The molecule has 2 unspecified atom stereocenters. The van der Waals surface area contributed by atoms with Gasteiger partial charge in [-0.05, 0) is 51.2 Å². The molecule has 2 atom stereocenters. The van der Waals surface area contributed by atoms with Crippen LogP contribution in [0.5, 0.6) is 0 Å². The number of fused-ring (bicyclic) bond motifs is 1. The lowest BCUT2D eigenvalue weighted by atomic mass is 9.93. The summed E-state index contributed by atoms with van der Waals surface area (Å²) in [5.41, 5.74) is 1.46. The third-order valence-corrected chi connectivity index (χ3v) is 5.32. The molecule has 0 aromatic carbocycles. The molecule has 0 spiro atoms. The van der Waals surface area contributed by atoms with Crippen LogP contribution in [0.3, 0.4) is 0 Å². The predicted molar refractivity (Wildman–Crippen MR) is 76.6 cm³/mol. The van der Waals surface area contributed by atoms with E-state index in [1.165, 1.54) is 23.3 Å². The van der Waals surface area contributed by atoms with Crippen molar-refractivity contribution in [2.45, 2.75) is 57.2 Å². The van der Waals surface area contributed by atoms with E-state index in [0.29, 0.717) is 12.1 Å². The molecule has 1 N–H and O–H groups in total. The average molecular weight is 286 g/mol. The van der Waals surface area contributed by atoms with Gasteiger partial charge in [0.25, 0.3) is 0 Å². The molecule has 1 fully saturated rings. The van der Waals surface area contributed by atoms with Gasteiger partial charge in [-0.1, -0.05) is 11.6 Å². The van der Waals surface area contributed by atoms with Gasteiger partial charge in [-0.25, -0.2) is 0 Å². The van der Waals surface area contributed by atoms with Crippen molar-refractivity contribution in [3.63, 3.8) is 0 Å². The van der Waals surface area contributed by atoms with Crippen LogP contribution in [0.2, 0.25) is 4.34 Å². The number of rotatable bonds is 2. The largest absolute Gasteiger partial charge is 0.375 e. The van der Waals surface area contributed by atoms with Crippen molar-refractivity contribution in [1.29, 1.82) is 0 Å². The van der Waals surface area contributed by atoms with Crippen LogP contribution in [0.15, 0.2) is 6.07 Å². The molecule has 18 heavy (non-hydrogen) atoms. The van der Waals surface area contributed by atoms with Gasteiger partial charge in [0.15, 0.2) is 0 Å². The normalized spacial score (nSPS) is 30.4. The summed E-state index contributed by atoms with van der Waals surface area (Å²) >= 11 is 7.85. The average Bonchev–Trinajstić information content (AvgIpc) is 2.78. The lowest BCUT2D eigenvalue weighted by molar-refractivity contribution is -0.0642. The number of halogens is 1. The number of hydrogen-bond donors (Lipinski definition) is 1. The maximum atomic E-state index is 6.10. The van der Waals surface area contributed by atoms with E-state index in [2.05, 4.69) is 25.2 Å². The molecular weight excluding hydrogens is 266 g/mol. The fraction of sp³-hybridized carbons (Fsp3) is 0.714. The Morgan fingerprint density at radius 2 is 2.28 bits per heavy atom. The molecule has 2 heterocycles. The Labute approximate surface area is 118 Å². The highest BCUT2D eigenvalue weighted by molar-refractivity contribution is 7.16. The summed E-state index contributed by atoms with van der Waals surface area (Å²) in [7, 11) is 0. The van der Waals surface area contributed by atoms with Gasteiger partial charge in [0, 0.05) is 23.6 Å². The van der Waals surface area contributed by atoms with Crippen molar-refractivity contribution >= 4 is 22.9 Å². The van der Waals surface area contributed by atoms with Gasteiger partial charge < -0.3 is 10.1 Å². The predicted octanol–water partition coefficient (Wildman–Crippen LogP) is 3.94. The van der Waals surface area contributed by atoms with Gasteiger partial charge in [-0.3, -0.25) is 0 Å². The highest BCUT2D eigenvalue weighted by atomic mass is 35.5. The maximum Gasteiger partial charge on any atom is 0.0934 e. The SMILES string of the molecule is CC1(C)CC(NC2CCc3sc(Cl)cc32)CCO1. The first-order valence-corrected chi connectivity index (χ1v) is 7.91. The van der Waals surface area contributed by atoms with Crippen LogP contribution in [0.1, 0.15) is 49.6 Å². The van der Waals surface area contributed by atoms with E-state index in [4.69, 9.17) is 16.3 Å². The summed E-state index contributed by atoms with van der Waals surface area (Å²) in [5.74, 6) is 0. The second-order valence-electron chi connectivity index (χ2n) is 5.98. The monoisotopic (exact) mass is 285 g/mol. The van der Waals surface area contributed by atoms with E-state index >= 15 is 0 Å². The lowest BCUT2D eigenvalue weighted by Gasteiger charge is -2.37. The third kappa shape index (κ3) is 2.60. The van der Waals surface area contributed by atoms with Crippen molar-refractivity contribution in [3.8, 4) is 0 Å². The van der Waals surface area contributed by atoms with Crippen molar-refractivity contribution in [2.24, 2.45) is 0 Å². The number of aryl methyl sites for hydroxylation is 1. The first kappa shape index (κ1) is 12.9. The summed E-state index contributed by atoms with van der Waals surface area (Å²) in [6, 6.07) is 3.22. The van der Waals surface area contributed by atoms with Gasteiger partial charge in [0.1, 0.15) is 0 Å². The summed E-state index contributed by atoms with van der Waals surface area (Å²) in [4.78, 5) is 1.48. The van der Waals surface area contributed by atoms with E-state index in [0.717, 1.165) is 23.8 Å². The Bertz CT molecular complexity index is 443. The van der Waals surface area contributed by atoms with Crippen molar-refractivity contribution in [1.82, 2.24) is 5.32 Å². The molecule has 1 aromatic heterocycles. The summed E-state index contributed by atoms with van der Waals surface area (Å²) in [6.07, 6.45) is 4.61. The van der Waals surface area contributed by atoms with Crippen LogP contribution < -0.4 is 5.32 Å². The topological polar surface area (TPSA) is 21.3 Å². The molecule has 100 valence electrons. The first-order valence-electron chi connectivity index (χ1n) is 6.72.